The lowest BCUT2D eigenvalue weighted by atomic mass is 10.0. The number of Topliss-reactive ketones (excluding diaryl/α,β-unsaturated/α-hetero) is 1. The molecule has 0 saturated carbocycles. The van der Waals surface area contributed by atoms with Crippen LogP contribution in [0.2, 0.25) is 5.02 Å². The molecule has 0 spiro atoms. The SMILES string of the molecule is CC(CC(F)(F)C(=O)c1ccc(F)cc1)Oc1c(F)ccc(Cl)c1F. The molecule has 25 heavy (non-hydrogen) atoms. The number of benzene rings is 2. The van der Waals surface area contributed by atoms with E-state index in [1.807, 2.05) is 0 Å². The largest absolute Gasteiger partial charge is 0.484 e. The summed E-state index contributed by atoms with van der Waals surface area (Å²) in [6, 6.07) is 5.38. The van der Waals surface area contributed by atoms with E-state index in [0.717, 1.165) is 43.3 Å². The Hall–Kier alpha value is -2.15. The molecule has 2 aromatic rings. The number of carbonyl (C=O) groups is 1. The highest BCUT2D eigenvalue weighted by Crippen LogP contribution is 2.31. The summed E-state index contributed by atoms with van der Waals surface area (Å²) in [5, 5.41) is -0.433. The minimum atomic E-state index is -3.87. The van der Waals surface area contributed by atoms with Gasteiger partial charge in [0.2, 0.25) is 5.78 Å². The molecule has 134 valence electrons. The maximum atomic E-state index is 14.1. The van der Waals surface area contributed by atoms with Crippen LogP contribution in [0.3, 0.4) is 0 Å². The minimum Gasteiger partial charge on any atom is -0.484 e. The average molecular weight is 379 g/mol. The molecule has 0 bridgehead atoms. The van der Waals surface area contributed by atoms with E-state index in [4.69, 9.17) is 16.3 Å². The van der Waals surface area contributed by atoms with E-state index in [-0.39, 0.29) is 0 Å². The second-order valence-electron chi connectivity index (χ2n) is 5.35. The van der Waals surface area contributed by atoms with Crippen molar-refractivity contribution in [2.24, 2.45) is 0 Å². The summed E-state index contributed by atoms with van der Waals surface area (Å²) in [4.78, 5) is 11.9. The fraction of sp³-hybridized carbons (Fsp3) is 0.235. The highest BCUT2D eigenvalue weighted by molar-refractivity contribution is 6.30. The monoisotopic (exact) mass is 378 g/mol. The Labute approximate surface area is 145 Å². The van der Waals surface area contributed by atoms with Crippen LogP contribution in [0.1, 0.15) is 23.7 Å². The van der Waals surface area contributed by atoms with Crippen molar-refractivity contribution in [1.82, 2.24) is 0 Å². The third-order valence-electron chi connectivity index (χ3n) is 3.30. The van der Waals surface area contributed by atoms with Crippen molar-refractivity contribution in [3.05, 3.63) is 64.4 Å². The Morgan fingerprint density at radius 2 is 1.72 bits per heavy atom. The quantitative estimate of drug-likeness (QED) is 0.380. The van der Waals surface area contributed by atoms with E-state index in [0.29, 0.717) is 0 Å². The fourth-order valence-corrected chi connectivity index (χ4v) is 2.27. The Balaban J connectivity index is 2.13. The van der Waals surface area contributed by atoms with Crippen LogP contribution in [0.4, 0.5) is 22.0 Å². The molecule has 0 aliphatic heterocycles. The van der Waals surface area contributed by atoms with Crippen LogP contribution in [0.5, 0.6) is 5.75 Å². The molecule has 2 aromatic carbocycles. The van der Waals surface area contributed by atoms with Crippen LogP contribution in [-0.4, -0.2) is 17.8 Å². The maximum Gasteiger partial charge on any atom is 0.313 e. The van der Waals surface area contributed by atoms with Gasteiger partial charge in [0, 0.05) is 5.56 Å². The van der Waals surface area contributed by atoms with Crippen molar-refractivity contribution in [2.75, 3.05) is 0 Å². The van der Waals surface area contributed by atoms with Gasteiger partial charge in [0.15, 0.2) is 17.4 Å². The van der Waals surface area contributed by atoms with E-state index in [9.17, 15) is 26.7 Å². The van der Waals surface area contributed by atoms with Crippen LogP contribution in [0, 0.1) is 17.5 Å². The summed E-state index contributed by atoms with van der Waals surface area (Å²) in [6.45, 7) is 1.13. The minimum absolute atomic E-state index is 0.390. The van der Waals surface area contributed by atoms with Gasteiger partial charge in [-0.25, -0.2) is 13.2 Å². The third-order valence-corrected chi connectivity index (χ3v) is 3.60. The van der Waals surface area contributed by atoms with Gasteiger partial charge in [-0.3, -0.25) is 4.79 Å². The Morgan fingerprint density at radius 1 is 1.12 bits per heavy atom. The van der Waals surface area contributed by atoms with E-state index >= 15 is 0 Å². The molecule has 0 aromatic heterocycles. The first-order chi connectivity index (χ1) is 11.6. The zero-order chi connectivity index (χ0) is 18.8. The van der Waals surface area contributed by atoms with E-state index in [2.05, 4.69) is 0 Å². The summed E-state index contributed by atoms with van der Waals surface area (Å²) in [7, 11) is 0. The smallest absolute Gasteiger partial charge is 0.313 e. The first-order valence-corrected chi connectivity index (χ1v) is 7.48. The van der Waals surface area contributed by atoms with Crippen molar-refractivity contribution in [1.29, 1.82) is 0 Å². The highest BCUT2D eigenvalue weighted by atomic mass is 35.5. The normalized spacial score (nSPS) is 12.8. The van der Waals surface area contributed by atoms with Crippen LogP contribution >= 0.6 is 11.6 Å². The predicted octanol–water partition coefficient (Wildman–Crippen LogP) is 5.43. The van der Waals surface area contributed by atoms with Gasteiger partial charge in [-0.2, -0.15) is 8.78 Å². The number of alkyl halides is 2. The lowest BCUT2D eigenvalue weighted by molar-refractivity contribution is -0.0162. The Bertz CT molecular complexity index is 777. The second kappa shape index (κ2) is 7.39. The number of halogens is 6. The Kier molecular flexibility index (Phi) is 5.67. The first kappa shape index (κ1) is 19.2. The van der Waals surface area contributed by atoms with Crippen molar-refractivity contribution in [3.63, 3.8) is 0 Å². The summed E-state index contributed by atoms with van der Waals surface area (Å²) < 4.78 is 73.2. The van der Waals surface area contributed by atoms with Gasteiger partial charge >= 0.3 is 5.92 Å². The molecule has 2 nitrogen and oxygen atoms in total. The standard InChI is InChI=1S/C17H12ClF5O2/c1-9(25-15-13(20)7-6-12(18)14(15)21)8-17(22,23)16(24)10-2-4-11(19)5-3-10/h2-7,9H,8H2,1H3. The number of rotatable bonds is 6. The predicted molar refractivity (Wildman–Crippen MR) is 81.8 cm³/mol. The van der Waals surface area contributed by atoms with Crippen LogP contribution < -0.4 is 4.74 Å². The molecule has 0 saturated heterocycles. The molecule has 0 aliphatic rings. The van der Waals surface area contributed by atoms with Crippen molar-refractivity contribution in [3.8, 4) is 5.75 Å². The molecular formula is C17H12ClF5O2. The number of carbonyl (C=O) groups excluding carboxylic acids is 1. The number of hydrogen-bond donors (Lipinski definition) is 0. The van der Waals surface area contributed by atoms with E-state index < -0.39 is 58.0 Å². The van der Waals surface area contributed by atoms with Gasteiger partial charge < -0.3 is 4.74 Å². The van der Waals surface area contributed by atoms with Gasteiger partial charge in [-0.15, -0.1) is 0 Å². The molecule has 0 N–H and O–H groups in total. The summed E-state index contributed by atoms with van der Waals surface area (Å²) in [5.41, 5.74) is -0.390. The molecule has 1 atom stereocenters. The second-order valence-corrected chi connectivity index (χ2v) is 5.75. The molecule has 0 aliphatic carbocycles. The number of ether oxygens (including phenoxy) is 1. The first-order valence-electron chi connectivity index (χ1n) is 7.10. The number of hydrogen-bond acceptors (Lipinski definition) is 2. The Morgan fingerprint density at radius 3 is 2.32 bits per heavy atom. The molecule has 0 radical (unpaired) electrons. The van der Waals surface area contributed by atoms with E-state index in [1.165, 1.54) is 0 Å². The van der Waals surface area contributed by atoms with Crippen molar-refractivity contribution < 1.29 is 31.5 Å². The zero-order valence-corrected chi connectivity index (χ0v) is 13.6. The van der Waals surface area contributed by atoms with Gasteiger partial charge in [-0.05, 0) is 43.3 Å². The summed E-state index contributed by atoms with van der Waals surface area (Å²) >= 11 is 5.49. The molecule has 8 heteroatoms. The third kappa shape index (κ3) is 4.48. The average Bonchev–Trinajstić information content (AvgIpc) is 2.55. The van der Waals surface area contributed by atoms with E-state index in [1.54, 1.807) is 0 Å². The maximum absolute atomic E-state index is 14.1. The molecule has 0 fully saturated rings. The van der Waals surface area contributed by atoms with Gasteiger partial charge in [0.05, 0.1) is 11.4 Å². The van der Waals surface area contributed by atoms with Crippen LogP contribution in [-0.2, 0) is 0 Å². The van der Waals surface area contributed by atoms with Gasteiger partial charge in [0.25, 0.3) is 0 Å². The topological polar surface area (TPSA) is 26.3 Å². The summed E-state index contributed by atoms with van der Waals surface area (Å²) in [5.74, 6) is -9.32. The van der Waals surface area contributed by atoms with Crippen LogP contribution in [0.25, 0.3) is 0 Å². The summed E-state index contributed by atoms with van der Waals surface area (Å²) in [6.07, 6.45) is -2.53. The van der Waals surface area contributed by atoms with Crippen molar-refractivity contribution >= 4 is 17.4 Å². The highest BCUT2D eigenvalue weighted by Gasteiger charge is 2.41. The van der Waals surface area contributed by atoms with Crippen LogP contribution in [0.15, 0.2) is 36.4 Å². The lowest BCUT2D eigenvalue weighted by Crippen LogP contribution is -2.34. The van der Waals surface area contributed by atoms with Crippen molar-refractivity contribution in [2.45, 2.75) is 25.4 Å². The molecular weight excluding hydrogens is 367 g/mol. The molecule has 0 amide bonds. The lowest BCUT2D eigenvalue weighted by Gasteiger charge is -2.21. The molecule has 1 unspecified atom stereocenters. The zero-order valence-electron chi connectivity index (χ0n) is 12.8. The number of ketones is 1. The fourth-order valence-electron chi connectivity index (χ4n) is 2.13. The van der Waals surface area contributed by atoms with Gasteiger partial charge in [-0.1, -0.05) is 11.6 Å². The van der Waals surface area contributed by atoms with Gasteiger partial charge in [0.1, 0.15) is 11.9 Å². The molecule has 2 rings (SSSR count). The molecule has 0 heterocycles.